The van der Waals surface area contributed by atoms with Crippen LogP contribution in [0.2, 0.25) is 6.32 Å². The summed E-state index contributed by atoms with van der Waals surface area (Å²) in [5.74, 6) is 0. The predicted molar refractivity (Wildman–Crippen MR) is 46.6 cm³/mol. The van der Waals surface area contributed by atoms with Gasteiger partial charge in [-0.2, -0.15) is 0 Å². The summed E-state index contributed by atoms with van der Waals surface area (Å²) in [5, 5.41) is 16.8. The lowest BCUT2D eigenvalue weighted by Gasteiger charge is -1.88. The number of rotatable bonds is 4. The van der Waals surface area contributed by atoms with Gasteiger partial charge in [0.15, 0.2) is 0 Å². The molecule has 60 valence electrons. The van der Waals surface area contributed by atoms with Gasteiger partial charge in [-0.3, -0.25) is 0 Å². The summed E-state index contributed by atoms with van der Waals surface area (Å²) in [6, 6.07) is 0. The highest BCUT2D eigenvalue weighted by Gasteiger charge is 1.99. The van der Waals surface area contributed by atoms with Crippen molar-refractivity contribution in [1.29, 1.82) is 0 Å². The molecule has 0 fully saturated rings. The number of hydrogen-bond acceptors (Lipinski definition) is 3. The van der Waals surface area contributed by atoms with Crippen molar-refractivity contribution in [3.05, 3.63) is 36.6 Å². The Hall–Kier alpha value is -0.995. The molecule has 0 aromatic carbocycles. The molecule has 0 spiro atoms. The van der Waals surface area contributed by atoms with Crippen LogP contribution in [-0.4, -0.2) is 17.2 Å². The predicted octanol–water partition coefficient (Wildman–Crippen LogP) is 0.0440. The summed E-state index contributed by atoms with van der Waals surface area (Å²) in [4.78, 5) is 0. The van der Waals surface area contributed by atoms with Gasteiger partial charge in [-0.05, 0) is 12.2 Å². The molecule has 0 amide bonds. The standard InChI is InChI=1S/C7H12BNO2/c1-2-7(9)5-3-4-6-8(10)11/h2-5,10-11H,1,6,9H2/b4-3-,7-5+. The Morgan fingerprint density at radius 2 is 2.18 bits per heavy atom. The molecule has 0 radical (unpaired) electrons. The van der Waals surface area contributed by atoms with Crippen molar-refractivity contribution in [2.45, 2.75) is 6.32 Å². The van der Waals surface area contributed by atoms with E-state index in [4.69, 9.17) is 15.8 Å². The third kappa shape index (κ3) is 6.90. The van der Waals surface area contributed by atoms with Gasteiger partial charge in [-0.15, -0.1) is 0 Å². The second kappa shape index (κ2) is 5.76. The van der Waals surface area contributed by atoms with Crippen LogP contribution in [0.15, 0.2) is 36.6 Å². The smallest absolute Gasteiger partial charge is 0.427 e. The minimum Gasteiger partial charge on any atom is -0.427 e. The minimum absolute atomic E-state index is 0.209. The summed E-state index contributed by atoms with van der Waals surface area (Å²) >= 11 is 0. The SMILES string of the molecule is C=C/C(N)=C\C=C/CB(O)O. The maximum Gasteiger partial charge on any atom is 0.455 e. The van der Waals surface area contributed by atoms with E-state index in [0.717, 1.165) is 0 Å². The maximum atomic E-state index is 8.41. The van der Waals surface area contributed by atoms with Gasteiger partial charge in [0.1, 0.15) is 0 Å². The zero-order chi connectivity index (χ0) is 8.69. The molecular formula is C7H12BNO2. The molecule has 11 heavy (non-hydrogen) atoms. The van der Waals surface area contributed by atoms with E-state index in [2.05, 4.69) is 6.58 Å². The van der Waals surface area contributed by atoms with Crippen LogP contribution in [0.25, 0.3) is 0 Å². The Morgan fingerprint density at radius 3 is 2.64 bits per heavy atom. The third-order valence-corrected chi connectivity index (χ3v) is 1.01. The quantitative estimate of drug-likeness (QED) is 0.394. The van der Waals surface area contributed by atoms with E-state index in [1.165, 1.54) is 6.08 Å². The maximum absolute atomic E-state index is 8.41. The molecule has 0 saturated carbocycles. The first-order valence-electron chi connectivity index (χ1n) is 3.27. The second-order valence-corrected chi connectivity index (χ2v) is 2.02. The van der Waals surface area contributed by atoms with Crippen molar-refractivity contribution < 1.29 is 10.0 Å². The molecule has 0 rings (SSSR count). The molecule has 0 aromatic heterocycles. The first kappa shape index (κ1) is 10.0. The summed E-state index contributed by atoms with van der Waals surface area (Å²) in [5.41, 5.74) is 5.91. The molecule has 0 saturated heterocycles. The van der Waals surface area contributed by atoms with Crippen molar-refractivity contribution in [3.8, 4) is 0 Å². The fourth-order valence-electron chi connectivity index (χ4n) is 0.447. The van der Waals surface area contributed by atoms with Crippen LogP contribution in [0.4, 0.5) is 0 Å². The number of allylic oxidation sites excluding steroid dienone is 4. The average Bonchev–Trinajstić information content (AvgIpc) is 1.97. The van der Waals surface area contributed by atoms with Gasteiger partial charge in [-0.25, -0.2) is 0 Å². The third-order valence-electron chi connectivity index (χ3n) is 1.01. The molecule has 0 aliphatic rings. The van der Waals surface area contributed by atoms with Crippen molar-refractivity contribution >= 4 is 7.12 Å². The first-order chi connectivity index (χ1) is 5.16. The van der Waals surface area contributed by atoms with Gasteiger partial charge < -0.3 is 15.8 Å². The molecule has 0 aliphatic heterocycles. The van der Waals surface area contributed by atoms with Crippen LogP contribution in [0.5, 0.6) is 0 Å². The van der Waals surface area contributed by atoms with Crippen molar-refractivity contribution in [1.82, 2.24) is 0 Å². The fraction of sp³-hybridized carbons (Fsp3) is 0.143. The van der Waals surface area contributed by atoms with E-state index in [-0.39, 0.29) is 6.32 Å². The molecule has 0 heterocycles. The lowest BCUT2D eigenvalue weighted by Crippen LogP contribution is -2.07. The van der Waals surface area contributed by atoms with Crippen LogP contribution in [0, 0.1) is 0 Å². The number of nitrogens with two attached hydrogens (primary N) is 1. The van der Waals surface area contributed by atoms with Gasteiger partial charge in [0.25, 0.3) is 0 Å². The zero-order valence-electron chi connectivity index (χ0n) is 6.27. The van der Waals surface area contributed by atoms with E-state index in [0.29, 0.717) is 5.70 Å². The van der Waals surface area contributed by atoms with Gasteiger partial charge in [0, 0.05) is 12.0 Å². The summed E-state index contributed by atoms with van der Waals surface area (Å²) in [6.07, 6.45) is 6.62. The van der Waals surface area contributed by atoms with Crippen LogP contribution in [0.1, 0.15) is 0 Å². The van der Waals surface area contributed by atoms with E-state index in [9.17, 15) is 0 Å². The van der Waals surface area contributed by atoms with E-state index in [1.54, 1.807) is 18.2 Å². The van der Waals surface area contributed by atoms with Crippen molar-refractivity contribution in [2.24, 2.45) is 5.73 Å². The lowest BCUT2D eigenvalue weighted by molar-refractivity contribution is 0.411. The van der Waals surface area contributed by atoms with E-state index in [1.807, 2.05) is 0 Å². The highest BCUT2D eigenvalue weighted by molar-refractivity contribution is 6.41. The van der Waals surface area contributed by atoms with Crippen LogP contribution in [0.3, 0.4) is 0 Å². The highest BCUT2D eigenvalue weighted by Crippen LogP contribution is 1.90. The van der Waals surface area contributed by atoms with Crippen molar-refractivity contribution in [3.63, 3.8) is 0 Å². The zero-order valence-corrected chi connectivity index (χ0v) is 6.27. The monoisotopic (exact) mass is 153 g/mol. The second-order valence-electron chi connectivity index (χ2n) is 2.02. The molecule has 3 nitrogen and oxygen atoms in total. The average molecular weight is 153 g/mol. The molecule has 4 heteroatoms. The largest absolute Gasteiger partial charge is 0.455 e. The normalized spacial score (nSPS) is 12.0. The van der Waals surface area contributed by atoms with Crippen LogP contribution in [-0.2, 0) is 0 Å². The molecular weight excluding hydrogens is 141 g/mol. The molecule has 0 bridgehead atoms. The Bertz CT molecular complexity index is 175. The highest BCUT2D eigenvalue weighted by atomic mass is 16.4. The Balaban J connectivity index is 3.67. The van der Waals surface area contributed by atoms with Crippen molar-refractivity contribution in [2.75, 3.05) is 0 Å². The van der Waals surface area contributed by atoms with Gasteiger partial charge in [-0.1, -0.05) is 18.7 Å². The van der Waals surface area contributed by atoms with E-state index < -0.39 is 7.12 Å². The van der Waals surface area contributed by atoms with Gasteiger partial charge in [0.2, 0.25) is 0 Å². The molecule has 0 atom stereocenters. The first-order valence-corrected chi connectivity index (χ1v) is 3.27. The Morgan fingerprint density at radius 1 is 1.55 bits per heavy atom. The summed E-state index contributed by atoms with van der Waals surface area (Å²) < 4.78 is 0. The summed E-state index contributed by atoms with van der Waals surface area (Å²) in [7, 11) is -1.29. The van der Waals surface area contributed by atoms with Gasteiger partial charge >= 0.3 is 7.12 Å². The van der Waals surface area contributed by atoms with Crippen LogP contribution < -0.4 is 5.73 Å². The van der Waals surface area contributed by atoms with E-state index >= 15 is 0 Å². The Labute approximate surface area is 66.7 Å². The topological polar surface area (TPSA) is 66.5 Å². The lowest BCUT2D eigenvalue weighted by atomic mass is 9.86. The Kier molecular flexibility index (Phi) is 5.24. The van der Waals surface area contributed by atoms with Gasteiger partial charge in [0.05, 0.1) is 0 Å². The molecule has 0 aliphatic carbocycles. The fourth-order valence-corrected chi connectivity index (χ4v) is 0.447. The molecule has 0 unspecified atom stereocenters. The van der Waals surface area contributed by atoms with Crippen LogP contribution >= 0.6 is 0 Å². The molecule has 4 N–H and O–H groups in total. The minimum atomic E-state index is -1.29. The molecule has 0 aromatic rings. The number of hydrogen-bond donors (Lipinski definition) is 3. The summed E-state index contributed by atoms with van der Waals surface area (Å²) in [6.45, 7) is 3.45.